The van der Waals surface area contributed by atoms with E-state index in [0.717, 1.165) is 16.2 Å². The van der Waals surface area contributed by atoms with Crippen LogP contribution in [0.4, 0.5) is 10.5 Å². The lowest BCUT2D eigenvalue weighted by atomic mass is 10.1. The van der Waals surface area contributed by atoms with Crippen molar-refractivity contribution in [1.29, 1.82) is 0 Å². The number of anilines is 1. The Morgan fingerprint density at radius 3 is 2.62 bits per heavy atom. The van der Waals surface area contributed by atoms with Crippen molar-refractivity contribution in [3.8, 4) is 5.75 Å². The number of likely N-dealkylation sites (N-methyl/N-ethyl adjacent to an activating group) is 1. The minimum absolute atomic E-state index is 0.00367. The van der Waals surface area contributed by atoms with Gasteiger partial charge in [0.05, 0.1) is 18.8 Å². The highest BCUT2D eigenvalue weighted by atomic mass is 32.2. The van der Waals surface area contributed by atoms with Gasteiger partial charge in [0.1, 0.15) is 5.75 Å². The van der Waals surface area contributed by atoms with Crippen LogP contribution >= 0.6 is 11.8 Å². The third-order valence-electron chi connectivity index (χ3n) is 4.30. The Labute approximate surface area is 176 Å². The molecule has 3 amide bonds. The monoisotopic (exact) mass is 416 g/mol. The topological polar surface area (TPSA) is 96.7 Å². The largest absolute Gasteiger partial charge is 0.497 e. The standard InChI is InChI=1S/C21H28N4O3S/c1-25(2)18(15-7-6-8-16(13-15)28-3)14-23-21(27)24-17-9-4-5-10-19(17)29-12-11-20(22)26/h4-10,13,18H,11-12,14H2,1-3H3,(H2,22,26)(H2,23,24,27). The number of thioether (sulfide) groups is 1. The highest BCUT2D eigenvalue weighted by Crippen LogP contribution is 2.27. The van der Waals surface area contributed by atoms with Gasteiger partial charge in [-0.1, -0.05) is 24.3 Å². The van der Waals surface area contributed by atoms with Crippen molar-refractivity contribution in [3.05, 3.63) is 54.1 Å². The van der Waals surface area contributed by atoms with Gasteiger partial charge in [0.15, 0.2) is 0 Å². The van der Waals surface area contributed by atoms with E-state index in [1.807, 2.05) is 67.5 Å². The van der Waals surface area contributed by atoms with Gasteiger partial charge < -0.3 is 26.0 Å². The van der Waals surface area contributed by atoms with Gasteiger partial charge in [-0.25, -0.2) is 4.79 Å². The van der Waals surface area contributed by atoms with Crippen LogP contribution in [0.1, 0.15) is 18.0 Å². The van der Waals surface area contributed by atoms with Crippen molar-refractivity contribution >= 4 is 29.4 Å². The summed E-state index contributed by atoms with van der Waals surface area (Å²) in [5, 5.41) is 5.82. The fourth-order valence-corrected chi connectivity index (χ4v) is 3.73. The molecular weight excluding hydrogens is 388 g/mol. The zero-order valence-electron chi connectivity index (χ0n) is 17.0. The van der Waals surface area contributed by atoms with Crippen LogP contribution < -0.4 is 21.1 Å². The molecule has 0 saturated carbocycles. The molecule has 0 aliphatic heterocycles. The number of carbonyl (C=O) groups excluding carboxylic acids is 2. The number of hydrogen-bond acceptors (Lipinski definition) is 5. The Morgan fingerprint density at radius 2 is 1.93 bits per heavy atom. The first-order chi connectivity index (χ1) is 13.9. The molecule has 0 radical (unpaired) electrons. The minimum atomic E-state index is -0.340. The second-order valence-corrected chi connectivity index (χ2v) is 7.79. The number of para-hydroxylation sites is 1. The van der Waals surface area contributed by atoms with Gasteiger partial charge in [-0.15, -0.1) is 11.8 Å². The summed E-state index contributed by atoms with van der Waals surface area (Å²) in [4.78, 5) is 26.3. The maximum Gasteiger partial charge on any atom is 0.319 e. The fourth-order valence-electron chi connectivity index (χ4n) is 2.76. The Balaban J connectivity index is 1.98. The van der Waals surface area contributed by atoms with Gasteiger partial charge >= 0.3 is 6.03 Å². The van der Waals surface area contributed by atoms with Crippen LogP contribution in [0.5, 0.6) is 5.75 Å². The van der Waals surface area contributed by atoms with Crippen molar-refractivity contribution in [3.63, 3.8) is 0 Å². The number of nitrogens with two attached hydrogens (primary N) is 1. The summed E-state index contributed by atoms with van der Waals surface area (Å²) in [6.45, 7) is 0.434. The van der Waals surface area contributed by atoms with Crippen molar-refractivity contribution in [2.24, 2.45) is 5.73 Å². The van der Waals surface area contributed by atoms with Crippen LogP contribution in [0.2, 0.25) is 0 Å². The van der Waals surface area contributed by atoms with Crippen molar-refractivity contribution in [2.75, 3.05) is 38.8 Å². The normalized spacial score (nSPS) is 11.7. The summed E-state index contributed by atoms with van der Waals surface area (Å²) in [7, 11) is 5.57. The number of hydrogen-bond donors (Lipinski definition) is 3. The second kappa shape index (κ2) is 11.3. The zero-order valence-corrected chi connectivity index (χ0v) is 17.8. The second-order valence-electron chi connectivity index (χ2n) is 6.65. The van der Waals surface area contributed by atoms with Gasteiger partial charge in [-0.2, -0.15) is 0 Å². The summed E-state index contributed by atoms with van der Waals surface area (Å²) in [5.74, 6) is 1.00. The molecule has 0 aliphatic rings. The van der Waals surface area contributed by atoms with Gasteiger partial charge in [0, 0.05) is 23.6 Å². The number of ether oxygens (including phenoxy) is 1. The molecule has 0 aromatic heterocycles. The molecule has 0 bridgehead atoms. The number of benzene rings is 2. The van der Waals surface area contributed by atoms with Crippen LogP contribution in [-0.4, -0.2) is 50.3 Å². The summed E-state index contributed by atoms with van der Waals surface area (Å²) < 4.78 is 5.30. The predicted molar refractivity (Wildman–Crippen MR) is 117 cm³/mol. The summed E-state index contributed by atoms with van der Waals surface area (Å²) in [6.07, 6.45) is 0.288. The fraction of sp³-hybridized carbons (Fsp3) is 0.333. The molecule has 156 valence electrons. The molecule has 1 atom stereocenters. The molecule has 1 unspecified atom stereocenters. The Bertz CT molecular complexity index is 829. The van der Waals surface area contributed by atoms with Gasteiger partial charge in [0.2, 0.25) is 5.91 Å². The van der Waals surface area contributed by atoms with E-state index in [4.69, 9.17) is 10.5 Å². The summed E-state index contributed by atoms with van der Waals surface area (Å²) >= 11 is 1.48. The van der Waals surface area contributed by atoms with Crippen LogP contribution in [0.3, 0.4) is 0 Å². The number of urea groups is 1. The molecular formula is C21H28N4O3S. The molecule has 2 aromatic carbocycles. The van der Waals surface area contributed by atoms with E-state index in [9.17, 15) is 9.59 Å². The number of nitrogens with one attached hydrogen (secondary N) is 2. The van der Waals surface area contributed by atoms with E-state index in [1.54, 1.807) is 7.11 Å². The molecule has 8 heteroatoms. The quantitative estimate of drug-likeness (QED) is 0.517. The van der Waals surface area contributed by atoms with E-state index in [0.29, 0.717) is 18.0 Å². The first-order valence-corrected chi connectivity index (χ1v) is 10.2. The smallest absolute Gasteiger partial charge is 0.319 e. The average Bonchev–Trinajstić information content (AvgIpc) is 2.69. The highest BCUT2D eigenvalue weighted by molar-refractivity contribution is 7.99. The number of methoxy groups -OCH3 is 1. The molecule has 0 saturated heterocycles. The Kier molecular flexibility index (Phi) is 8.82. The van der Waals surface area contributed by atoms with Gasteiger partial charge in [-0.05, 0) is 43.9 Å². The van der Waals surface area contributed by atoms with Gasteiger partial charge in [-0.3, -0.25) is 4.79 Å². The number of nitrogens with zero attached hydrogens (tertiary/aromatic N) is 1. The third kappa shape index (κ3) is 7.32. The Hall–Kier alpha value is -2.71. The number of rotatable bonds is 10. The first-order valence-electron chi connectivity index (χ1n) is 9.26. The predicted octanol–water partition coefficient (Wildman–Crippen LogP) is 3.09. The number of carbonyl (C=O) groups is 2. The molecule has 0 spiro atoms. The maximum atomic E-state index is 12.5. The van der Waals surface area contributed by atoms with Crippen molar-refractivity contribution in [2.45, 2.75) is 17.4 Å². The van der Waals surface area contributed by atoms with E-state index in [-0.39, 0.29) is 24.4 Å². The number of amides is 3. The van der Waals surface area contributed by atoms with Gasteiger partial charge in [0.25, 0.3) is 0 Å². The molecule has 7 nitrogen and oxygen atoms in total. The molecule has 0 heterocycles. The van der Waals surface area contributed by atoms with Crippen molar-refractivity contribution in [1.82, 2.24) is 10.2 Å². The molecule has 2 rings (SSSR count). The molecule has 2 aromatic rings. The summed E-state index contributed by atoms with van der Waals surface area (Å²) in [5.41, 5.74) is 6.94. The molecule has 0 fully saturated rings. The lowest BCUT2D eigenvalue weighted by Crippen LogP contribution is -2.37. The lowest BCUT2D eigenvalue weighted by molar-refractivity contribution is -0.117. The van der Waals surface area contributed by atoms with Crippen molar-refractivity contribution < 1.29 is 14.3 Å². The van der Waals surface area contributed by atoms with Crippen LogP contribution in [0.15, 0.2) is 53.4 Å². The highest BCUT2D eigenvalue weighted by Gasteiger charge is 2.16. The lowest BCUT2D eigenvalue weighted by Gasteiger charge is -2.25. The SMILES string of the molecule is COc1cccc(C(CNC(=O)Nc2ccccc2SCCC(N)=O)N(C)C)c1. The van der Waals surface area contributed by atoms with Crippen LogP contribution in [-0.2, 0) is 4.79 Å². The first kappa shape index (κ1) is 22.6. The van der Waals surface area contributed by atoms with Crippen LogP contribution in [0, 0.1) is 0 Å². The van der Waals surface area contributed by atoms with E-state index >= 15 is 0 Å². The third-order valence-corrected chi connectivity index (χ3v) is 5.37. The molecule has 0 aliphatic carbocycles. The van der Waals surface area contributed by atoms with Crippen LogP contribution in [0.25, 0.3) is 0 Å². The zero-order chi connectivity index (χ0) is 21.2. The Morgan fingerprint density at radius 1 is 1.17 bits per heavy atom. The maximum absolute atomic E-state index is 12.5. The van der Waals surface area contributed by atoms with E-state index in [1.165, 1.54) is 11.8 Å². The minimum Gasteiger partial charge on any atom is -0.497 e. The average molecular weight is 417 g/mol. The molecule has 29 heavy (non-hydrogen) atoms. The number of primary amides is 1. The van der Waals surface area contributed by atoms with E-state index in [2.05, 4.69) is 10.6 Å². The molecule has 4 N–H and O–H groups in total. The summed E-state index contributed by atoms with van der Waals surface area (Å²) in [6, 6.07) is 15.0. The van der Waals surface area contributed by atoms with E-state index < -0.39 is 0 Å².